The van der Waals surface area contributed by atoms with E-state index in [2.05, 4.69) is 10.3 Å². The van der Waals surface area contributed by atoms with Crippen LogP contribution in [0.25, 0.3) is 11.3 Å². The van der Waals surface area contributed by atoms with Crippen LogP contribution in [0.15, 0.2) is 54.7 Å². The molecule has 2 aliphatic rings. The molecule has 0 bridgehead atoms. The number of amides is 1. The number of hydrogen-bond acceptors (Lipinski definition) is 7. The highest BCUT2D eigenvalue weighted by molar-refractivity contribution is 6.30. The van der Waals surface area contributed by atoms with Gasteiger partial charge in [0.2, 0.25) is 0 Å². The van der Waals surface area contributed by atoms with Gasteiger partial charge in [-0.05, 0) is 49.6 Å². The van der Waals surface area contributed by atoms with Gasteiger partial charge >= 0.3 is 0 Å². The van der Waals surface area contributed by atoms with Crippen LogP contribution < -0.4 is 24.4 Å². The molecular formula is C28H30ClN3O5. The standard InChI is InChI=1S/C28H30ClN3O5/c1-34-27-14-22(6-7-25(27)36-13-10-30-16-19-8-11-35-12-9-19)32-18-37-26-15-24(31-17-23(26)28(32)33)20-2-4-21(29)5-3-20/h2-7,14-15,17,19,30H,8-13,16,18H2,1H3. The molecule has 0 radical (unpaired) electrons. The summed E-state index contributed by atoms with van der Waals surface area (Å²) < 4.78 is 22.8. The summed E-state index contributed by atoms with van der Waals surface area (Å²) >= 11 is 5.99. The van der Waals surface area contributed by atoms with Gasteiger partial charge in [-0.15, -0.1) is 0 Å². The molecule has 1 aromatic heterocycles. The number of carbonyl (C=O) groups is 1. The predicted octanol–water partition coefficient (Wildman–Crippen LogP) is 4.80. The molecule has 3 heterocycles. The largest absolute Gasteiger partial charge is 0.493 e. The van der Waals surface area contributed by atoms with Gasteiger partial charge in [0.1, 0.15) is 17.9 Å². The number of nitrogens with zero attached hydrogens (tertiary/aromatic N) is 2. The first-order valence-electron chi connectivity index (χ1n) is 12.4. The first kappa shape index (κ1) is 25.3. The Morgan fingerprint density at radius 2 is 1.92 bits per heavy atom. The molecule has 3 aromatic rings. The fraction of sp³-hybridized carbons (Fsp3) is 0.357. The maximum atomic E-state index is 13.3. The molecular weight excluding hydrogens is 494 g/mol. The lowest BCUT2D eigenvalue weighted by Gasteiger charge is -2.29. The van der Waals surface area contributed by atoms with E-state index in [1.54, 1.807) is 42.5 Å². The first-order chi connectivity index (χ1) is 18.1. The van der Waals surface area contributed by atoms with Gasteiger partial charge in [-0.1, -0.05) is 23.7 Å². The zero-order chi connectivity index (χ0) is 25.6. The van der Waals surface area contributed by atoms with Crippen LogP contribution in [-0.2, 0) is 4.74 Å². The molecule has 37 heavy (non-hydrogen) atoms. The molecule has 1 amide bonds. The average molecular weight is 524 g/mol. The lowest BCUT2D eigenvalue weighted by molar-refractivity contribution is 0.0661. The van der Waals surface area contributed by atoms with Crippen molar-refractivity contribution in [3.63, 3.8) is 0 Å². The van der Waals surface area contributed by atoms with Gasteiger partial charge in [-0.3, -0.25) is 14.7 Å². The van der Waals surface area contributed by atoms with Gasteiger partial charge in [-0.25, -0.2) is 0 Å². The predicted molar refractivity (Wildman–Crippen MR) is 142 cm³/mol. The van der Waals surface area contributed by atoms with Crippen LogP contribution in [0.3, 0.4) is 0 Å². The minimum atomic E-state index is -0.190. The van der Waals surface area contributed by atoms with Crippen LogP contribution >= 0.6 is 11.6 Å². The van der Waals surface area contributed by atoms with E-state index in [1.807, 2.05) is 24.3 Å². The number of methoxy groups -OCH3 is 1. The van der Waals surface area contributed by atoms with Crippen molar-refractivity contribution in [2.45, 2.75) is 12.8 Å². The fourth-order valence-electron chi connectivity index (χ4n) is 4.46. The van der Waals surface area contributed by atoms with Gasteiger partial charge in [0.05, 0.1) is 18.5 Å². The smallest absolute Gasteiger partial charge is 0.266 e. The summed E-state index contributed by atoms with van der Waals surface area (Å²) in [6, 6.07) is 14.6. The monoisotopic (exact) mass is 523 g/mol. The van der Waals surface area contributed by atoms with Crippen molar-refractivity contribution in [1.29, 1.82) is 0 Å². The number of fused-ring (bicyclic) bond motifs is 1. The van der Waals surface area contributed by atoms with Crippen molar-refractivity contribution in [3.05, 3.63) is 65.3 Å². The Bertz CT molecular complexity index is 1230. The fourth-order valence-corrected chi connectivity index (χ4v) is 4.58. The summed E-state index contributed by atoms with van der Waals surface area (Å²) in [5.41, 5.74) is 2.66. The van der Waals surface area contributed by atoms with Crippen molar-refractivity contribution in [2.24, 2.45) is 5.92 Å². The van der Waals surface area contributed by atoms with E-state index >= 15 is 0 Å². The lowest BCUT2D eigenvalue weighted by atomic mass is 10.0. The number of benzene rings is 2. The molecule has 8 nitrogen and oxygen atoms in total. The third kappa shape index (κ3) is 5.98. The minimum absolute atomic E-state index is 0.0788. The van der Waals surface area contributed by atoms with Crippen molar-refractivity contribution in [3.8, 4) is 28.5 Å². The molecule has 1 fully saturated rings. The Kier molecular flexibility index (Phi) is 8.08. The van der Waals surface area contributed by atoms with Crippen LogP contribution in [0.4, 0.5) is 5.69 Å². The van der Waals surface area contributed by atoms with E-state index in [0.717, 1.165) is 44.7 Å². The van der Waals surface area contributed by atoms with Crippen LogP contribution in [0.2, 0.25) is 5.02 Å². The van der Waals surface area contributed by atoms with Gasteiger partial charge in [0.25, 0.3) is 5.91 Å². The molecule has 194 valence electrons. The quantitative estimate of drug-likeness (QED) is 0.403. The Labute approximate surface area is 221 Å². The number of pyridine rings is 1. The van der Waals surface area contributed by atoms with E-state index in [-0.39, 0.29) is 12.6 Å². The van der Waals surface area contributed by atoms with Crippen molar-refractivity contribution < 1.29 is 23.7 Å². The Balaban J connectivity index is 1.21. The Morgan fingerprint density at radius 3 is 2.70 bits per heavy atom. The molecule has 0 aliphatic carbocycles. The highest BCUT2D eigenvalue weighted by Gasteiger charge is 2.28. The van der Waals surface area contributed by atoms with Gasteiger partial charge in [0, 0.05) is 48.7 Å². The number of nitrogens with one attached hydrogen (secondary N) is 1. The van der Waals surface area contributed by atoms with Crippen molar-refractivity contribution >= 4 is 23.2 Å². The second-order valence-electron chi connectivity index (χ2n) is 9.02. The minimum Gasteiger partial charge on any atom is -0.493 e. The molecule has 5 rings (SSSR count). The average Bonchev–Trinajstić information content (AvgIpc) is 2.94. The topological polar surface area (TPSA) is 82.2 Å². The normalized spacial score (nSPS) is 15.7. The summed E-state index contributed by atoms with van der Waals surface area (Å²) in [6.45, 7) is 4.00. The van der Waals surface area contributed by atoms with Crippen LogP contribution in [0.1, 0.15) is 23.2 Å². The maximum absolute atomic E-state index is 13.3. The van der Waals surface area contributed by atoms with Crippen molar-refractivity contribution in [2.75, 3.05) is 51.7 Å². The number of ether oxygens (including phenoxy) is 4. The van der Waals surface area contributed by atoms with Gasteiger partial charge in [0.15, 0.2) is 18.2 Å². The second-order valence-corrected chi connectivity index (χ2v) is 9.46. The molecule has 0 unspecified atom stereocenters. The SMILES string of the molecule is COc1cc(N2COc3cc(-c4ccc(Cl)cc4)ncc3C2=O)ccc1OCCNCC1CCOCC1. The molecule has 0 spiro atoms. The first-order valence-corrected chi connectivity index (χ1v) is 12.8. The van der Waals surface area contributed by atoms with E-state index in [9.17, 15) is 4.79 Å². The second kappa shape index (κ2) is 11.8. The van der Waals surface area contributed by atoms with Gasteiger partial charge in [-0.2, -0.15) is 0 Å². The molecule has 2 aromatic carbocycles. The molecule has 9 heteroatoms. The van der Waals surface area contributed by atoms with E-state index in [4.69, 9.17) is 30.5 Å². The number of aromatic nitrogens is 1. The highest BCUT2D eigenvalue weighted by atomic mass is 35.5. The number of anilines is 1. The molecule has 2 aliphatic heterocycles. The van der Waals surface area contributed by atoms with E-state index in [1.165, 1.54) is 0 Å². The van der Waals surface area contributed by atoms with Crippen LogP contribution in [-0.4, -0.2) is 57.6 Å². The molecule has 1 saturated heterocycles. The zero-order valence-electron chi connectivity index (χ0n) is 20.7. The number of carbonyl (C=O) groups excluding carboxylic acids is 1. The number of halogens is 1. The Morgan fingerprint density at radius 1 is 1.11 bits per heavy atom. The maximum Gasteiger partial charge on any atom is 0.266 e. The Hall–Kier alpha value is -3.33. The molecule has 1 N–H and O–H groups in total. The summed E-state index contributed by atoms with van der Waals surface area (Å²) in [5, 5.41) is 4.11. The summed E-state index contributed by atoms with van der Waals surface area (Å²) in [6.07, 6.45) is 3.76. The van der Waals surface area contributed by atoms with Gasteiger partial charge < -0.3 is 24.3 Å². The van der Waals surface area contributed by atoms with Crippen LogP contribution in [0.5, 0.6) is 17.2 Å². The highest BCUT2D eigenvalue weighted by Crippen LogP contribution is 2.35. The van der Waals surface area contributed by atoms with Crippen LogP contribution in [0, 0.1) is 5.92 Å². The summed E-state index contributed by atoms with van der Waals surface area (Å²) in [5.74, 6) is 2.15. The van der Waals surface area contributed by atoms with Crippen molar-refractivity contribution in [1.82, 2.24) is 10.3 Å². The van der Waals surface area contributed by atoms with E-state index < -0.39 is 0 Å². The third-order valence-electron chi connectivity index (χ3n) is 6.60. The zero-order valence-corrected chi connectivity index (χ0v) is 21.5. The lowest BCUT2D eigenvalue weighted by Crippen LogP contribution is -2.38. The summed E-state index contributed by atoms with van der Waals surface area (Å²) in [4.78, 5) is 19.3. The number of hydrogen-bond donors (Lipinski definition) is 1. The number of rotatable bonds is 9. The van der Waals surface area contributed by atoms with E-state index in [0.29, 0.717) is 51.7 Å². The molecule has 0 atom stereocenters. The molecule has 0 saturated carbocycles. The third-order valence-corrected chi connectivity index (χ3v) is 6.85. The summed E-state index contributed by atoms with van der Waals surface area (Å²) in [7, 11) is 1.58.